The molecule has 0 atom stereocenters. The Labute approximate surface area is 67.4 Å². The van der Waals surface area contributed by atoms with Gasteiger partial charge in [-0.05, 0) is 25.9 Å². The van der Waals surface area contributed by atoms with Crippen molar-refractivity contribution in [2.75, 3.05) is 19.6 Å². The average Bonchev–Trinajstić information content (AvgIpc) is 2.34. The molecular weight excluding hydrogens is 144 g/mol. The summed E-state index contributed by atoms with van der Waals surface area (Å²) in [5, 5.41) is 0. The zero-order valence-corrected chi connectivity index (χ0v) is 6.99. The Morgan fingerprint density at radius 3 is 2.50 bits per heavy atom. The number of nitrogens with zero attached hydrogens (tertiary/aromatic N) is 1. The van der Waals surface area contributed by atoms with Crippen LogP contribution in [-0.2, 0) is 0 Å². The van der Waals surface area contributed by atoms with Crippen LogP contribution >= 0.6 is 12.2 Å². The van der Waals surface area contributed by atoms with Gasteiger partial charge in [0.1, 0.15) is 0 Å². The van der Waals surface area contributed by atoms with E-state index in [0.717, 1.165) is 13.0 Å². The summed E-state index contributed by atoms with van der Waals surface area (Å²) in [5.41, 5.74) is 5.38. The minimum absolute atomic E-state index is 0.645. The van der Waals surface area contributed by atoms with Crippen LogP contribution in [0.25, 0.3) is 0 Å². The van der Waals surface area contributed by atoms with Gasteiger partial charge in [-0.1, -0.05) is 12.2 Å². The first kappa shape index (κ1) is 7.95. The predicted molar refractivity (Wildman–Crippen MR) is 47.1 cm³/mol. The molecule has 2 nitrogen and oxygen atoms in total. The molecule has 1 aliphatic heterocycles. The molecule has 0 aromatic rings. The average molecular weight is 158 g/mol. The Balaban J connectivity index is 2.07. The number of nitrogens with two attached hydrogens (primary N) is 1. The van der Waals surface area contributed by atoms with E-state index in [0.29, 0.717) is 4.99 Å². The molecule has 0 aromatic heterocycles. The lowest BCUT2D eigenvalue weighted by molar-refractivity contribution is 0.350. The molecule has 1 heterocycles. The SMILES string of the molecule is NC(=S)CCN1CCCC1. The fourth-order valence-electron chi connectivity index (χ4n) is 1.27. The monoisotopic (exact) mass is 158 g/mol. The van der Waals surface area contributed by atoms with Gasteiger partial charge in [-0.15, -0.1) is 0 Å². The maximum absolute atomic E-state index is 5.38. The third-order valence-electron chi connectivity index (χ3n) is 1.87. The molecule has 0 spiro atoms. The largest absolute Gasteiger partial charge is 0.393 e. The van der Waals surface area contributed by atoms with Gasteiger partial charge in [0.25, 0.3) is 0 Å². The summed E-state index contributed by atoms with van der Waals surface area (Å²) in [6.07, 6.45) is 3.57. The molecule has 1 aliphatic rings. The second-order valence-electron chi connectivity index (χ2n) is 2.77. The van der Waals surface area contributed by atoms with E-state index in [1.807, 2.05) is 0 Å². The molecule has 1 fully saturated rings. The Kier molecular flexibility index (Phi) is 3.09. The van der Waals surface area contributed by atoms with E-state index in [-0.39, 0.29) is 0 Å². The molecule has 10 heavy (non-hydrogen) atoms. The second kappa shape index (κ2) is 3.88. The number of likely N-dealkylation sites (tertiary alicyclic amines) is 1. The van der Waals surface area contributed by atoms with E-state index in [1.165, 1.54) is 25.9 Å². The molecule has 0 amide bonds. The fraction of sp³-hybridized carbons (Fsp3) is 0.857. The summed E-state index contributed by atoms with van der Waals surface area (Å²) in [5.74, 6) is 0. The lowest BCUT2D eigenvalue weighted by atomic mass is 10.4. The van der Waals surface area contributed by atoms with Crippen LogP contribution in [0.2, 0.25) is 0 Å². The number of thiocarbonyl (C=S) groups is 1. The van der Waals surface area contributed by atoms with E-state index in [1.54, 1.807) is 0 Å². The highest BCUT2D eigenvalue weighted by atomic mass is 32.1. The summed E-state index contributed by atoms with van der Waals surface area (Å²) in [7, 11) is 0. The molecule has 1 saturated heterocycles. The van der Waals surface area contributed by atoms with Gasteiger partial charge in [0.05, 0.1) is 4.99 Å². The Bertz CT molecular complexity index is 119. The van der Waals surface area contributed by atoms with Crippen molar-refractivity contribution in [2.24, 2.45) is 5.73 Å². The van der Waals surface area contributed by atoms with Crippen molar-refractivity contribution in [1.82, 2.24) is 4.90 Å². The minimum Gasteiger partial charge on any atom is -0.393 e. The normalized spacial score (nSPS) is 19.6. The predicted octanol–water partition coefficient (Wildman–Crippen LogP) is 0.758. The topological polar surface area (TPSA) is 29.3 Å². The van der Waals surface area contributed by atoms with Crippen LogP contribution < -0.4 is 5.73 Å². The zero-order chi connectivity index (χ0) is 7.40. The van der Waals surface area contributed by atoms with Crippen LogP contribution in [0.4, 0.5) is 0 Å². The Hall–Kier alpha value is -0.150. The van der Waals surface area contributed by atoms with Gasteiger partial charge in [0.2, 0.25) is 0 Å². The fourth-order valence-corrected chi connectivity index (χ4v) is 1.37. The van der Waals surface area contributed by atoms with Crippen molar-refractivity contribution in [3.63, 3.8) is 0 Å². The van der Waals surface area contributed by atoms with E-state index in [2.05, 4.69) is 4.90 Å². The van der Waals surface area contributed by atoms with Crippen LogP contribution in [0.1, 0.15) is 19.3 Å². The number of rotatable bonds is 3. The molecule has 3 heteroatoms. The molecule has 58 valence electrons. The van der Waals surface area contributed by atoms with Gasteiger partial charge in [0, 0.05) is 13.0 Å². The zero-order valence-electron chi connectivity index (χ0n) is 6.18. The van der Waals surface area contributed by atoms with Crippen molar-refractivity contribution in [1.29, 1.82) is 0 Å². The van der Waals surface area contributed by atoms with Gasteiger partial charge in [-0.3, -0.25) is 0 Å². The molecule has 0 aromatic carbocycles. The van der Waals surface area contributed by atoms with Crippen molar-refractivity contribution in [2.45, 2.75) is 19.3 Å². The van der Waals surface area contributed by atoms with Crippen molar-refractivity contribution < 1.29 is 0 Å². The number of hydrogen-bond donors (Lipinski definition) is 1. The maximum Gasteiger partial charge on any atom is 0.0740 e. The molecule has 2 N–H and O–H groups in total. The number of hydrogen-bond acceptors (Lipinski definition) is 2. The molecule has 0 unspecified atom stereocenters. The highest BCUT2D eigenvalue weighted by Crippen LogP contribution is 2.06. The van der Waals surface area contributed by atoms with E-state index >= 15 is 0 Å². The van der Waals surface area contributed by atoms with Gasteiger partial charge >= 0.3 is 0 Å². The Morgan fingerprint density at radius 1 is 1.40 bits per heavy atom. The lowest BCUT2D eigenvalue weighted by Crippen LogP contribution is -2.24. The quantitative estimate of drug-likeness (QED) is 0.615. The van der Waals surface area contributed by atoms with E-state index in [4.69, 9.17) is 18.0 Å². The lowest BCUT2D eigenvalue weighted by Gasteiger charge is -2.12. The smallest absolute Gasteiger partial charge is 0.0740 e. The Morgan fingerprint density at radius 2 is 2.00 bits per heavy atom. The summed E-state index contributed by atoms with van der Waals surface area (Å²) >= 11 is 4.78. The van der Waals surface area contributed by atoms with Gasteiger partial charge in [0.15, 0.2) is 0 Å². The van der Waals surface area contributed by atoms with Crippen LogP contribution in [0, 0.1) is 0 Å². The molecule has 0 aliphatic carbocycles. The summed E-state index contributed by atoms with van der Waals surface area (Å²) < 4.78 is 0. The van der Waals surface area contributed by atoms with Crippen LogP contribution in [0.3, 0.4) is 0 Å². The van der Waals surface area contributed by atoms with Crippen molar-refractivity contribution >= 4 is 17.2 Å². The molecule has 0 radical (unpaired) electrons. The van der Waals surface area contributed by atoms with Crippen molar-refractivity contribution in [3.8, 4) is 0 Å². The third kappa shape index (κ3) is 2.62. The maximum atomic E-state index is 5.38. The summed E-state index contributed by atoms with van der Waals surface area (Å²) in [4.78, 5) is 3.06. The molecule has 0 saturated carbocycles. The van der Waals surface area contributed by atoms with E-state index < -0.39 is 0 Å². The minimum atomic E-state index is 0.645. The highest BCUT2D eigenvalue weighted by molar-refractivity contribution is 7.80. The third-order valence-corrected chi connectivity index (χ3v) is 2.08. The molecule has 1 rings (SSSR count). The van der Waals surface area contributed by atoms with Crippen molar-refractivity contribution in [3.05, 3.63) is 0 Å². The highest BCUT2D eigenvalue weighted by Gasteiger charge is 2.10. The van der Waals surface area contributed by atoms with Crippen LogP contribution in [0.15, 0.2) is 0 Å². The first-order valence-corrected chi connectivity index (χ1v) is 4.20. The first-order chi connectivity index (χ1) is 4.79. The first-order valence-electron chi connectivity index (χ1n) is 3.80. The summed E-state index contributed by atoms with van der Waals surface area (Å²) in [6, 6.07) is 0. The van der Waals surface area contributed by atoms with Gasteiger partial charge < -0.3 is 10.6 Å². The second-order valence-corrected chi connectivity index (χ2v) is 3.29. The van der Waals surface area contributed by atoms with Crippen LogP contribution in [0.5, 0.6) is 0 Å². The van der Waals surface area contributed by atoms with Gasteiger partial charge in [-0.2, -0.15) is 0 Å². The summed E-state index contributed by atoms with van der Waals surface area (Å²) in [6.45, 7) is 3.54. The standard InChI is InChI=1S/C7H14N2S/c8-7(10)3-6-9-4-1-2-5-9/h1-6H2,(H2,8,10). The van der Waals surface area contributed by atoms with Crippen LogP contribution in [-0.4, -0.2) is 29.5 Å². The van der Waals surface area contributed by atoms with Gasteiger partial charge in [-0.25, -0.2) is 0 Å². The molecule has 0 bridgehead atoms. The molecular formula is C7H14N2S. The van der Waals surface area contributed by atoms with E-state index in [9.17, 15) is 0 Å².